The molecule has 7 atom stereocenters. The molecule has 2 nitrogen and oxygen atoms in total. The molecule has 0 aromatic heterocycles. The maximum Gasteiger partial charge on any atom is 0.0811 e. The minimum Gasteiger partial charge on any atom is -0.393 e. The fraction of sp³-hybridized carbons (Fsp3) is 0.714. The summed E-state index contributed by atoms with van der Waals surface area (Å²) in [5, 5.41) is 20.2. The highest BCUT2D eigenvalue weighted by Gasteiger charge is 2.50. The van der Waals surface area contributed by atoms with Crippen molar-refractivity contribution in [1.29, 1.82) is 0 Å². The largest absolute Gasteiger partial charge is 0.393 e. The van der Waals surface area contributed by atoms with E-state index in [9.17, 15) is 10.2 Å². The predicted octanol–water partition coefficient (Wildman–Crippen LogP) is 6.61. The number of fused-ring (bicyclic) bond motifs is 1. The van der Waals surface area contributed by atoms with Crippen molar-refractivity contribution < 1.29 is 10.2 Å². The summed E-state index contributed by atoms with van der Waals surface area (Å²) in [6.07, 6.45) is 15.8. The number of aliphatic hydroxyl groups excluding tert-OH is 2. The third kappa shape index (κ3) is 4.86. The SMILES string of the molecule is C=C1/C(=C\C=C2\CCC[C@]3(C)[C@@H]2CC[C@@H]3[C@H](C)/C=C/[C@H](C)C(C)C)C[C@@H](O)C[C@@H]1O. The second-order valence-corrected chi connectivity index (χ2v) is 11.0. The van der Waals surface area contributed by atoms with Crippen molar-refractivity contribution in [2.45, 2.75) is 91.8 Å². The molecule has 0 amide bonds. The Morgan fingerprint density at radius 1 is 1.07 bits per heavy atom. The van der Waals surface area contributed by atoms with Crippen LogP contribution in [0.3, 0.4) is 0 Å². The zero-order valence-electron chi connectivity index (χ0n) is 19.9. The number of hydrogen-bond donors (Lipinski definition) is 2. The summed E-state index contributed by atoms with van der Waals surface area (Å²) in [5.41, 5.74) is 3.77. The standard InChI is InChI=1S/C28H44O2/c1-18(2)19(3)9-10-20(4)25-13-14-26-22(8-7-15-28(25,26)6)11-12-23-16-24(29)17-27(30)21(23)5/h9-12,18-20,24-27,29-30H,5,7-8,13-17H2,1-4,6H3/b10-9+,22-11-,23-12-/t19-,20+,24+,25+,26+,27-,28-/m0/s1. The van der Waals surface area contributed by atoms with Crippen LogP contribution in [0.4, 0.5) is 0 Å². The molecule has 0 saturated heterocycles. The van der Waals surface area contributed by atoms with Crippen LogP contribution in [0.15, 0.2) is 47.6 Å². The number of rotatable bonds is 5. The first-order valence-electron chi connectivity index (χ1n) is 12.3. The van der Waals surface area contributed by atoms with Gasteiger partial charge in [-0.2, -0.15) is 0 Å². The Morgan fingerprint density at radius 2 is 1.80 bits per heavy atom. The second kappa shape index (κ2) is 9.57. The minimum absolute atomic E-state index is 0.385. The molecule has 3 fully saturated rings. The van der Waals surface area contributed by atoms with Crippen LogP contribution < -0.4 is 0 Å². The van der Waals surface area contributed by atoms with Gasteiger partial charge in [-0.15, -0.1) is 0 Å². The van der Waals surface area contributed by atoms with Crippen LogP contribution in [0.1, 0.15) is 79.6 Å². The summed E-state index contributed by atoms with van der Waals surface area (Å²) in [6, 6.07) is 0. The van der Waals surface area contributed by atoms with Crippen LogP contribution in [-0.2, 0) is 0 Å². The molecule has 0 unspecified atom stereocenters. The second-order valence-electron chi connectivity index (χ2n) is 11.0. The lowest BCUT2D eigenvalue weighted by Gasteiger charge is -2.44. The first-order valence-corrected chi connectivity index (χ1v) is 12.3. The van der Waals surface area contributed by atoms with E-state index in [4.69, 9.17) is 0 Å². The van der Waals surface area contributed by atoms with Crippen molar-refractivity contribution >= 4 is 0 Å². The third-order valence-corrected chi connectivity index (χ3v) is 8.71. The molecular formula is C28H44O2. The molecule has 3 rings (SSSR count). The minimum atomic E-state index is -0.605. The van der Waals surface area contributed by atoms with Gasteiger partial charge in [-0.3, -0.25) is 0 Å². The molecule has 0 spiro atoms. The van der Waals surface area contributed by atoms with Gasteiger partial charge in [0.05, 0.1) is 12.2 Å². The van der Waals surface area contributed by atoms with Gasteiger partial charge < -0.3 is 10.2 Å². The van der Waals surface area contributed by atoms with Crippen LogP contribution in [0.25, 0.3) is 0 Å². The zero-order valence-corrected chi connectivity index (χ0v) is 19.9. The average molecular weight is 413 g/mol. The fourth-order valence-electron chi connectivity index (χ4n) is 6.32. The van der Waals surface area contributed by atoms with Crippen molar-refractivity contribution in [3.05, 3.63) is 47.6 Å². The molecule has 168 valence electrons. The normalized spacial score (nSPS) is 39.8. The summed E-state index contributed by atoms with van der Waals surface area (Å²) in [6.45, 7) is 16.0. The van der Waals surface area contributed by atoms with Crippen LogP contribution in [0.2, 0.25) is 0 Å². The topological polar surface area (TPSA) is 40.5 Å². The van der Waals surface area contributed by atoms with E-state index < -0.39 is 12.2 Å². The lowest BCUT2D eigenvalue weighted by atomic mass is 9.61. The third-order valence-electron chi connectivity index (χ3n) is 8.71. The van der Waals surface area contributed by atoms with Crippen molar-refractivity contribution in [2.75, 3.05) is 0 Å². The lowest BCUT2D eigenvalue weighted by molar-refractivity contribution is 0.0862. The average Bonchev–Trinajstić information content (AvgIpc) is 3.04. The molecule has 30 heavy (non-hydrogen) atoms. The van der Waals surface area contributed by atoms with Crippen molar-refractivity contribution in [2.24, 2.45) is 35.0 Å². The Labute approximate surface area is 184 Å². The molecule has 0 bridgehead atoms. The summed E-state index contributed by atoms with van der Waals surface area (Å²) in [4.78, 5) is 0. The van der Waals surface area contributed by atoms with Crippen LogP contribution in [0, 0.1) is 35.0 Å². The Balaban J connectivity index is 1.76. The first kappa shape index (κ1) is 23.5. The van der Waals surface area contributed by atoms with E-state index in [0.29, 0.717) is 41.9 Å². The molecule has 0 aliphatic heterocycles. The Bertz CT molecular complexity index is 712. The first-order chi connectivity index (χ1) is 14.1. The lowest BCUT2D eigenvalue weighted by Crippen LogP contribution is -2.35. The van der Waals surface area contributed by atoms with E-state index in [0.717, 1.165) is 17.1 Å². The quantitative estimate of drug-likeness (QED) is 0.499. The number of aliphatic hydroxyl groups is 2. The van der Waals surface area contributed by atoms with Gasteiger partial charge in [0.2, 0.25) is 0 Å². The summed E-state index contributed by atoms with van der Waals surface area (Å²) < 4.78 is 0. The van der Waals surface area contributed by atoms with Gasteiger partial charge >= 0.3 is 0 Å². The van der Waals surface area contributed by atoms with Crippen molar-refractivity contribution in [3.63, 3.8) is 0 Å². The Kier molecular flexibility index (Phi) is 7.51. The van der Waals surface area contributed by atoms with Crippen LogP contribution in [0.5, 0.6) is 0 Å². The van der Waals surface area contributed by atoms with Gasteiger partial charge in [0.15, 0.2) is 0 Å². The van der Waals surface area contributed by atoms with Gasteiger partial charge in [0, 0.05) is 6.42 Å². The van der Waals surface area contributed by atoms with E-state index >= 15 is 0 Å². The fourth-order valence-corrected chi connectivity index (χ4v) is 6.32. The smallest absolute Gasteiger partial charge is 0.0811 e. The highest BCUT2D eigenvalue weighted by Crippen LogP contribution is 2.59. The predicted molar refractivity (Wildman–Crippen MR) is 127 cm³/mol. The van der Waals surface area contributed by atoms with Gasteiger partial charge in [0.1, 0.15) is 0 Å². The zero-order chi connectivity index (χ0) is 22.1. The molecular weight excluding hydrogens is 368 g/mol. The molecule has 0 aromatic rings. The Hall–Kier alpha value is -1.12. The van der Waals surface area contributed by atoms with Gasteiger partial charge in [-0.25, -0.2) is 0 Å². The van der Waals surface area contributed by atoms with Crippen LogP contribution >= 0.6 is 0 Å². The van der Waals surface area contributed by atoms with E-state index in [1.165, 1.54) is 32.1 Å². The van der Waals surface area contributed by atoms with Crippen molar-refractivity contribution in [3.8, 4) is 0 Å². The number of hydrogen-bond acceptors (Lipinski definition) is 2. The monoisotopic (exact) mass is 412 g/mol. The van der Waals surface area contributed by atoms with Gasteiger partial charge in [-0.05, 0) is 84.7 Å². The van der Waals surface area contributed by atoms with E-state index in [1.54, 1.807) is 5.57 Å². The molecule has 3 aliphatic rings. The molecule has 3 saturated carbocycles. The maximum absolute atomic E-state index is 10.1. The summed E-state index contributed by atoms with van der Waals surface area (Å²) in [5.74, 6) is 3.38. The van der Waals surface area contributed by atoms with E-state index in [2.05, 4.69) is 65.5 Å². The van der Waals surface area contributed by atoms with E-state index in [1.807, 2.05) is 0 Å². The molecule has 2 heteroatoms. The summed E-state index contributed by atoms with van der Waals surface area (Å²) >= 11 is 0. The molecule has 0 aromatic carbocycles. The maximum atomic E-state index is 10.1. The van der Waals surface area contributed by atoms with Crippen LogP contribution in [-0.4, -0.2) is 22.4 Å². The van der Waals surface area contributed by atoms with Crippen molar-refractivity contribution in [1.82, 2.24) is 0 Å². The highest BCUT2D eigenvalue weighted by atomic mass is 16.3. The molecule has 2 N–H and O–H groups in total. The molecule has 3 aliphatic carbocycles. The van der Waals surface area contributed by atoms with Gasteiger partial charge in [-0.1, -0.05) is 71.1 Å². The molecule has 0 heterocycles. The van der Waals surface area contributed by atoms with Gasteiger partial charge in [0.25, 0.3) is 0 Å². The summed E-state index contributed by atoms with van der Waals surface area (Å²) in [7, 11) is 0. The Morgan fingerprint density at radius 3 is 2.50 bits per heavy atom. The van der Waals surface area contributed by atoms with E-state index in [-0.39, 0.29) is 0 Å². The molecule has 0 radical (unpaired) electrons. The number of allylic oxidation sites excluding steroid dienone is 5. The highest BCUT2D eigenvalue weighted by molar-refractivity contribution is 5.38.